The molecule has 14 heteroatoms. The Morgan fingerprint density at radius 1 is 1.20 bits per heavy atom. The minimum absolute atomic E-state index is 0.0303. The second kappa shape index (κ2) is 10.6. The zero-order chi connectivity index (χ0) is 28.8. The Morgan fingerprint density at radius 3 is 2.68 bits per heavy atom. The number of hydrogen-bond acceptors (Lipinski definition) is 10. The van der Waals surface area contributed by atoms with Crippen LogP contribution in [0.3, 0.4) is 0 Å². The van der Waals surface area contributed by atoms with E-state index in [0.717, 1.165) is 9.78 Å². The molecule has 0 aliphatic carbocycles. The fourth-order valence-electron chi connectivity index (χ4n) is 5.01. The highest BCUT2D eigenvalue weighted by Gasteiger charge is 2.54. The van der Waals surface area contributed by atoms with Crippen molar-refractivity contribution in [3.63, 3.8) is 0 Å². The number of β-lactam (4-membered cyclic amide) rings is 1. The molecule has 41 heavy (non-hydrogen) atoms. The molecule has 0 saturated carbocycles. The molecule has 12 nitrogen and oxygen atoms in total. The Labute approximate surface area is 240 Å². The molecule has 3 aliphatic rings. The second-order valence-corrected chi connectivity index (χ2v) is 11.6. The van der Waals surface area contributed by atoms with Gasteiger partial charge in [-0.25, -0.2) is 9.59 Å². The van der Waals surface area contributed by atoms with Crippen LogP contribution >= 0.6 is 23.1 Å². The molecular formula is C27H23N3O9S2. The van der Waals surface area contributed by atoms with E-state index >= 15 is 0 Å². The summed E-state index contributed by atoms with van der Waals surface area (Å²) in [6.07, 6.45) is 1.52. The normalized spacial score (nSPS) is 19.1. The number of carboxylic acids is 1. The molecule has 3 aromatic rings. The van der Waals surface area contributed by atoms with E-state index in [-0.39, 0.29) is 47.1 Å². The van der Waals surface area contributed by atoms with E-state index < -0.39 is 41.3 Å². The van der Waals surface area contributed by atoms with Gasteiger partial charge in [-0.05, 0) is 24.4 Å². The van der Waals surface area contributed by atoms with E-state index in [1.165, 1.54) is 35.4 Å². The lowest BCUT2D eigenvalue weighted by molar-refractivity contribution is -0.150. The predicted molar refractivity (Wildman–Crippen MR) is 148 cm³/mol. The smallest absolute Gasteiger partial charge is 0.352 e. The third-order valence-corrected chi connectivity index (χ3v) is 9.21. The molecule has 2 amide bonds. The van der Waals surface area contributed by atoms with Crippen molar-refractivity contribution in [2.45, 2.75) is 31.3 Å². The number of aryl methyl sites for hydroxylation is 1. The average molecular weight is 598 g/mol. The topological polar surface area (TPSA) is 153 Å². The second-order valence-electron chi connectivity index (χ2n) is 9.43. The van der Waals surface area contributed by atoms with Crippen molar-refractivity contribution in [1.82, 2.24) is 14.8 Å². The molecule has 5 heterocycles. The zero-order valence-corrected chi connectivity index (χ0v) is 23.2. The largest absolute Gasteiger partial charge is 0.477 e. The number of carbonyl (C=O) groups excluding carboxylic acids is 3. The van der Waals surface area contributed by atoms with Gasteiger partial charge < -0.3 is 29.2 Å². The number of nitrogens with zero attached hydrogens (tertiary/aromatic N) is 2. The molecule has 0 bridgehead atoms. The molecule has 2 N–H and O–H groups in total. The van der Waals surface area contributed by atoms with Gasteiger partial charge in [0, 0.05) is 35.0 Å². The first kappa shape index (κ1) is 26.9. The van der Waals surface area contributed by atoms with Gasteiger partial charge in [0.05, 0.1) is 17.3 Å². The van der Waals surface area contributed by atoms with Gasteiger partial charge >= 0.3 is 11.9 Å². The number of thioether (sulfide) groups is 1. The predicted octanol–water partition coefficient (Wildman–Crippen LogP) is 1.95. The minimum Gasteiger partial charge on any atom is -0.477 e. The van der Waals surface area contributed by atoms with Crippen molar-refractivity contribution >= 4 is 57.8 Å². The number of pyridine rings is 1. The summed E-state index contributed by atoms with van der Waals surface area (Å²) in [4.78, 5) is 65.7. The number of hydrogen-bond donors (Lipinski definition) is 2. The number of amides is 2. The van der Waals surface area contributed by atoms with Crippen LogP contribution in [0.4, 0.5) is 0 Å². The van der Waals surface area contributed by atoms with Crippen molar-refractivity contribution in [2.24, 2.45) is 0 Å². The van der Waals surface area contributed by atoms with E-state index in [2.05, 4.69) is 5.32 Å². The Bertz CT molecular complexity index is 1700. The Morgan fingerprint density at radius 2 is 1.98 bits per heavy atom. The molecule has 1 saturated heterocycles. The lowest BCUT2D eigenvalue weighted by Gasteiger charge is -2.49. The number of rotatable bonds is 8. The van der Waals surface area contributed by atoms with Crippen molar-refractivity contribution < 1.29 is 38.5 Å². The lowest BCUT2D eigenvalue weighted by Crippen LogP contribution is -2.70. The zero-order valence-electron chi connectivity index (χ0n) is 21.6. The molecule has 3 aliphatic heterocycles. The number of ether oxygens (including phenoxy) is 3. The maximum atomic E-state index is 13.2. The van der Waals surface area contributed by atoms with Crippen LogP contribution in [-0.4, -0.2) is 68.9 Å². The lowest BCUT2D eigenvalue weighted by atomic mass is 10.0. The fourth-order valence-corrected chi connectivity index (χ4v) is 7.04. The van der Waals surface area contributed by atoms with Gasteiger partial charge in [-0.2, -0.15) is 0 Å². The SMILES string of the molecule is CCn1cc(C(=O)OCC2=C(C(=O)O)N3C(=O)[C@@H](NC(=O)Cc4cccs4)C3SC2)c(=O)c2cc3c(cc21)OCO3. The van der Waals surface area contributed by atoms with Crippen LogP contribution in [-0.2, 0) is 32.1 Å². The summed E-state index contributed by atoms with van der Waals surface area (Å²) in [5, 5.41) is 14.1. The number of fused-ring (bicyclic) bond motifs is 3. The summed E-state index contributed by atoms with van der Waals surface area (Å²) in [6, 6.07) is 5.99. The number of thiophene rings is 1. The first-order valence-electron chi connectivity index (χ1n) is 12.6. The number of carbonyl (C=O) groups is 4. The van der Waals surface area contributed by atoms with Gasteiger partial charge in [-0.1, -0.05) is 6.07 Å². The van der Waals surface area contributed by atoms with Gasteiger partial charge in [0.25, 0.3) is 5.91 Å². The molecule has 0 radical (unpaired) electrons. The highest BCUT2D eigenvalue weighted by atomic mass is 32.2. The van der Waals surface area contributed by atoms with E-state index in [0.29, 0.717) is 23.6 Å². The maximum Gasteiger partial charge on any atom is 0.352 e. The van der Waals surface area contributed by atoms with Gasteiger partial charge in [0.2, 0.25) is 18.1 Å². The van der Waals surface area contributed by atoms with Crippen LogP contribution < -0.4 is 20.2 Å². The number of aliphatic carboxylic acids is 1. The van der Waals surface area contributed by atoms with Crippen LogP contribution in [0.1, 0.15) is 22.2 Å². The summed E-state index contributed by atoms with van der Waals surface area (Å²) >= 11 is 2.69. The number of esters is 1. The standard InChI is InChI=1S/C27H23N3O9S2/c1-2-29-9-16(23(32)15-7-18-19(8-17(15)29)39-12-38-18)27(36)37-10-13-11-41-25-21(24(33)30(25)22(13)26(34)35)28-20(31)6-14-4-3-5-40-14/h3-5,7-9,21,25H,2,6,10-12H2,1H3,(H,28,31)(H,34,35)/t21-,25?/m1/s1. The van der Waals surface area contributed by atoms with Crippen LogP contribution in [0.5, 0.6) is 11.5 Å². The van der Waals surface area contributed by atoms with E-state index in [1.807, 2.05) is 24.4 Å². The van der Waals surface area contributed by atoms with Crippen molar-refractivity contribution in [3.05, 3.63) is 67.8 Å². The molecule has 1 fully saturated rings. The first-order valence-corrected chi connectivity index (χ1v) is 14.5. The molecule has 1 unspecified atom stereocenters. The molecule has 2 aromatic heterocycles. The molecule has 2 atom stereocenters. The van der Waals surface area contributed by atoms with Crippen molar-refractivity contribution in [3.8, 4) is 11.5 Å². The Kier molecular flexibility index (Phi) is 6.95. The highest BCUT2D eigenvalue weighted by Crippen LogP contribution is 2.40. The fraction of sp³-hybridized carbons (Fsp3) is 0.296. The number of aromatic nitrogens is 1. The number of benzene rings is 1. The third kappa shape index (κ3) is 4.72. The Balaban J connectivity index is 1.19. The maximum absolute atomic E-state index is 13.2. The summed E-state index contributed by atoms with van der Waals surface area (Å²) < 4.78 is 17.9. The number of nitrogens with one attached hydrogen (secondary N) is 1. The molecule has 0 spiro atoms. The highest BCUT2D eigenvalue weighted by molar-refractivity contribution is 8.00. The summed E-state index contributed by atoms with van der Waals surface area (Å²) in [6.45, 7) is 1.91. The van der Waals surface area contributed by atoms with Crippen LogP contribution in [0, 0.1) is 0 Å². The van der Waals surface area contributed by atoms with Crippen LogP contribution in [0.25, 0.3) is 10.9 Å². The summed E-state index contributed by atoms with van der Waals surface area (Å²) in [7, 11) is 0. The first-order chi connectivity index (χ1) is 19.8. The van der Waals surface area contributed by atoms with Gasteiger partial charge in [0.15, 0.2) is 11.5 Å². The molecule has 1 aromatic carbocycles. The van der Waals surface area contributed by atoms with Crippen LogP contribution in [0.2, 0.25) is 0 Å². The number of carboxylic acid groups (broad SMARTS) is 1. The summed E-state index contributed by atoms with van der Waals surface area (Å²) in [5.41, 5.74) is -0.281. The Hall–Kier alpha value is -4.30. The monoisotopic (exact) mass is 597 g/mol. The van der Waals surface area contributed by atoms with Crippen LogP contribution in [0.15, 0.2) is 51.9 Å². The van der Waals surface area contributed by atoms with Gasteiger partial charge in [0.1, 0.15) is 29.3 Å². The minimum atomic E-state index is -1.35. The quantitative estimate of drug-likeness (QED) is 0.291. The van der Waals surface area contributed by atoms with Crippen molar-refractivity contribution in [2.75, 3.05) is 19.2 Å². The molecular weight excluding hydrogens is 574 g/mol. The van der Waals surface area contributed by atoms with E-state index in [9.17, 15) is 29.1 Å². The van der Waals surface area contributed by atoms with E-state index in [1.54, 1.807) is 10.6 Å². The third-order valence-electron chi connectivity index (χ3n) is 6.99. The summed E-state index contributed by atoms with van der Waals surface area (Å²) in [5.74, 6) is -2.11. The van der Waals surface area contributed by atoms with E-state index in [4.69, 9.17) is 14.2 Å². The molecule has 6 rings (SSSR count). The van der Waals surface area contributed by atoms with Crippen molar-refractivity contribution in [1.29, 1.82) is 0 Å². The molecule has 212 valence electrons. The van der Waals surface area contributed by atoms with Gasteiger partial charge in [-0.15, -0.1) is 23.1 Å². The van der Waals surface area contributed by atoms with Gasteiger partial charge in [-0.3, -0.25) is 19.3 Å². The average Bonchev–Trinajstić information content (AvgIpc) is 3.65.